The molecule has 0 fully saturated rings. The summed E-state index contributed by atoms with van der Waals surface area (Å²) in [5.41, 5.74) is 1.27. The number of halogens is 2. The number of aliphatic hydroxyl groups excluding tert-OH is 1. The van der Waals surface area contributed by atoms with Crippen LogP contribution < -0.4 is 10.6 Å². The van der Waals surface area contributed by atoms with Crippen molar-refractivity contribution >= 4 is 35.5 Å². The Bertz CT molecular complexity index is 1470. The molecular weight excluding hydrogens is 605 g/mol. The van der Waals surface area contributed by atoms with Crippen molar-refractivity contribution in [3.8, 4) is 11.1 Å². The molecule has 44 heavy (non-hydrogen) atoms. The molecule has 0 aliphatic carbocycles. The Morgan fingerprint density at radius 3 is 2.34 bits per heavy atom. The van der Waals surface area contributed by atoms with Crippen molar-refractivity contribution in [1.29, 1.82) is 0 Å². The Morgan fingerprint density at radius 2 is 1.73 bits per heavy atom. The van der Waals surface area contributed by atoms with Crippen LogP contribution in [0.2, 0.25) is 5.02 Å². The van der Waals surface area contributed by atoms with Gasteiger partial charge in [0.15, 0.2) is 11.8 Å². The summed E-state index contributed by atoms with van der Waals surface area (Å²) in [5, 5.41) is 32.0. The molecule has 1 heterocycles. The fourth-order valence-electron chi connectivity index (χ4n) is 4.02. The van der Waals surface area contributed by atoms with E-state index in [-0.39, 0.29) is 24.5 Å². The van der Waals surface area contributed by atoms with Crippen molar-refractivity contribution in [3.05, 3.63) is 70.8 Å². The highest BCUT2D eigenvalue weighted by Gasteiger charge is 2.28. The minimum Gasteiger partial charge on any atom is -0.453 e. The van der Waals surface area contributed by atoms with E-state index >= 15 is 0 Å². The fourth-order valence-corrected chi connectivity index (χ4v) is 4.19. The zero-order valence-electron chi connectivity index (χ0n) is 23.9. The topological polar surface area (TPSA) is 191 Å². The molecule has 1 aromatic heterocycles. The summed E-state index contributed by atoms with van der Waals surface area (Å²) in [5.74, 6) is -3.63. The number of alkyl carbamates (subject to hydrolysis) is 1. The summed E-state index contributed by atoms with van der Waals surface area (Å²) in [7, 11) is 1.13. The van der Waals surface area contributed by atoms with E-state index in [4.69, 9.17) is 21.1 Å². The second-order valence-electron chi connectivity index (χ2n) is 9.87. The first-order chi connectivity index (χ1) is 20.9. The monoisotopic (exact) mass is 635 g/mol. The van der Waals surface area contributed by atoms with Crippen LogP contribution in [0.4, 0.5) is 9.18 Å². The summed E-state index contributed by atoms with van der Waals surface area (Å²) >= 11 is 6.00. The Labute approximate surface area is 256 Å². The lowest BCUT2D eigenvalue weighted by molar-refractivity contribution is -0.175. The van der Waals surface area contributed by atoms with Crippen molar-refractivity contribution < 1.29 is 48.1 Å². The molecule has 0 spiro atoms. The molecule has 3 aromatic rings. The third-order valence-electron chi connectivity index (χ3n) is 6.29. The van der Waals surface area contributed by atoms with E-state index in [1.54, 1.807) is 38.1 Å². The van der Waals surface area contributed by atoms with E-state index in [1.165, 1.54) is 18.2 Å². The zero-order valence-corrected chi connectivity index (χ0v) is 24.7. The SMILES string of the molecule is COC(=O)N[C@H](C(=O)OCOC(=O)[C@H](O)C[C@@H](Cc1ccc(-c2cc(Cl)ccc2F)cc1)NC(=O)c1cn(O)nn1)C(C)C. The van der Waals surface area contributed by atoms with Gasteiger partial charge in [0.2, 0.25) is 6.79 Å². The molecule has 0 aliphatic rings. The molecule has 0 saturated carbocycles. The summed E-state index contributed by atoms with van der Waals surface area (Å²) in [6.45, 7) is 2.45. The first-order valence-corrected chi connectivity index (χ1v) is 13.6. The van der Waals surface area contributed by atoms with Gasteiger partial charge in [-0.25, -0.2) is 18.8 Å². The predicted octanol–water partition coefficient (Wildman–Crippen LogP) is 2.49. The van der Waals surface area contributed by atoms with E-state index in [2.05, 4.69) is 25.7 Å². The number of nitrogens with zero attached hydrogens (tertiary/aromatic N) is 3. The smallest absolute Gasteiger partial charge is 0.407 e. The minimum absolute atomic E-state index is 0.103. The average molecular weight is 636 g/mol. The summed E-state index contributed by atoms with van der Waals surface area (Å²) < 4.78 is 28.6. The molecule has 3 atom stereocenters. The number of methoxy groups -OCH3 is 1. The number of carbonyl (C=O) groups excluding carboxylic acids is 4. The van der Waals surface area contributed by atoms with E-state index in [0.717, 1.165) is 13.3 Å². The van der Waals surface area contributed by atoms with Crippen molar-refractivity contribution in [1.82, 2.24) is 25.8 Å². The van der Waals surface area contributed by atoms with Crippen molar-refractivity contribution in [2.24, 2.45) is 5.92 Å². The number of hydrogen-bond acceptors (Lipinski definition) is 11. The molecule has 236 valence electrons. The van der Waals surface area contributed by atoms with Crippen LogP contribution in [0.1, 0.15) is 36.3 Å². The first kappa shape index (κ1) is 33.7. The third-order valence-corrected chi connectivity index (χ3v) is 6.52. The highest BCUT2D eigenvalue weighted by Crippen LogP contribution is 2.26. The Balaban J connectivity index is 1.66. The molecule has 0 saturated heterocycles. The second kappa shape index (κ2) is 15.6. The van der Waals surface area contributed by atoms with E-state index in [1.807, 2.05) is 0 Å². The largest absolute Gasteiger partial charge is 0.453 e. The lowest BCUT2D eigenvalue weighted by atomic mass is 9.97. The number of nitrogens with one attached hydrogen (secondary N) is 2. The Morgan fingerprint density at radius 1 is 1.05 bits per heavy atom. The van der Waals surface area contributed by atoms with Gasteiger partial charge in [-0.05, 0) is 46.9 Å². The van der Waals surface area contributed by atoms with Gasteiger partial charge in [-0.3, -0.25) is 4.79 Å². The zero-order chi connectivity index (χ0) is 32.4. The van der Waals surface area contributed by atoms with Gasteiger partial charge in [-0.2, -0.15) is 0 Å². The van der Waals surface area contributed by atoms with Crippen LogP contribution in [-0.4, -0.2) is 81.5 Å². The third kappa shape index (κ3) is 9.64. The number of carbonyl (C=O) groups is 4. The van der Waals surface area contributed by atoms with Gasteiger partial charge in [0, 0.05) is 23.0 Å². The predicted molar refractivity (Wildman–Crippen MR) is 151 cm³/mol. The molecule has 0 unspecified atom stereocenters. The summed E-state index contributed by atoms with van der Waals surface area (Å²) in [6, 6.07) is 8.88. The highest BCUT2D eigenvalue weighted by molar-refractivity contribution is 6.30. The number of esters is 2. The molecule has 0 aliphatic heterocycles. The van der Waals surface area contributed by atoms with Crippen LogP contribution >= 0.6 is 11.6 Å². The van der Waals surface area contributed by atoms with Gasteiger partial charge in [0.05, 0.1) is 13.3 Å². The van der Waals surface area contributed by atoms with E-state index in [9.17, 15) is 33.9 Å². The molecule has 14 nitrogen and oxygen atoms in total. The quantitative estimate of drug-likeness (QED) is 0.123. The normalized spacial score (nSPS) is 13.0. The number of aliphatic hydroxyl groups is 1. The number of ether oxygens (including phenoxy) is 3. The molecule has 2 amide bonds. The van der Waals surface area contributed by atoms with Gasteiger partial charge in [-0.1, -0.05) is 54.6 Å². The standard InChI is InChI=1S/C28H31ClFN5O9/c1-15(2)24(32-28(40)42-3)27(39)44-14-43-26(38)23(36)12-19(31-25(37)22-13-35(41)34-33-22)10-16-4-6-17(7-5-16)20-11-18(29)8-9-21(20)30/h4-9,11,13,15,19,23-24,36,41H,10,12,14H2,1-3H3,(H,31,37)(H,32,40)/t19-,23-,24+/m1/s1. The molecule has 0 bridgehead atoms. The van der Waals surface area contributed by atoms with E-state index < -0.39 is 54.7 Å². The van der Waals surface area contributed by atoms with Gasteiger partial charge >= 0.3 is 18.0 Å². The van der Waals surface area contributed by atoms with Gasteiger partial charge in [0.1, 0.15) is 11.9 Å². The minimum atomic E-state index is -1.76. The van der Waals surface area contributed by atoms with Crippen LogP contribution in [0, 0.1) is 11.7 Å². The van der Waals surface area contributed by atoms with E-state index in [0.29, 0.717) is 26.6 Å². The first-order valence-electron chi connectivity index (χ1n) is 13.2. The summed E-state index contributed by atoms with van der Waals surface area (Å²) in [6.07, 6.45) is -1.89. The second-order valence-corrected chi connectivity index (χ2v) is 10.3. The maximum Gasteiger partial charge on any atom is 0.407 e. The lowest BCUT2D eigenvalue weighted by Crippen LogP contribution is -2.45. The molecule has 0 radical (unpaired) electrons. The van der Waals surface area contributed by atoms with Gasteiger partial charge in [-0.15, -0.1) is 5.10 Å². The van der Waals surface area contributed by atoms with Crippen LogP contribution in [-0.2, 0) is 30.2 Å². The molecular formula is C28H31ClFN5O9. The van der Waals surface area contributed by atoms with Crippen LogP contribution in [0.3, 0.4) is 0 Å². The Kier molecular flexibility index (Phi) is 12.0. The maximum absolute atomic E-state index is 14.3. The molecule has 16 heteroatoms. The number of amides is 2. The number of aromatic nitrogens is 3. The van der Waals surface area contributed by atoms with Crippen molar-refractivity contribution in [2.75, 3.05) is 13.9 Å². The summed E-state index contributed by atoms with van der Waals surface area (Å²) in [4.78, 5) is 49.3. The number of rotatable bonds is 13. The van der Waals surface area contributed by atoms with Gasteiger partial charge in [0.25, 0.3) is 5.91 Å². The fraction of sp³-hybridized carbons (Fsp3) is 0.357. The average Bonchev–Trinajstić information content (AvgIpc) is 3.43. The highest BCUT2D eigenvalue weighted by atomic mass is 35.5. The van der Waals surface area contributed by atoms with Crippen LogP contribution in [0.25, 0.3) is 11.1 Å². The van der Waals surface area contributed by atoms with Gasteiger partial charge < -0.3 is 35.2 Å². The maximum atomic E-state index is 14.3. The molecule has 2 aromatic carbocycles. The number of hydrogen-bond donors (Lipinski definition) is 4. The van der Waals surface area contributed by atoms with Crippen LogP contribution in [0.15, 0.2) is 48.7 Å². The van der Waals surface area contributed by atoms with Crippen molar-refractivity contribution in [2.45, 2.75) is 44.9 Å². The number of benzene rings is 2. The Hall–Kier alpha value is -4.76. The lowest BCUT2D eigenvalue weighted by Gasteiger charge is -2.22. The van der Waals surface area contributed by atoms with Crippen molar-refractivity contribution in [3.63, 3.8) is 0 Å². The molecule has 3 rings (SSSR count). The molecule has 4 N–H and O–H groups in total. The van der Waals surface area contributed by atoms with Crippen LogP contribution in [0.5, 0.6) is 0 Å².